The minimum atomic E-state index is 0.0592. The Morgan fingerprint density at radius 2 is 2.16 bits per heavy atom. The average Bonchev–Trinajstić information content (AvgIpc) is 3.29. The summed E-state index contributed by atoms with van der Waals surface area (Å²) in [7, 11) is 0. The zero-order valence-corrected chi connectivity index (χ0v) is 15.4. The zero-order chi connectivity index (χ0) is 17.3. The maximum Gasteiger partial charge on any atom is 0.222 e. The van der Waals surface area contributed by atoms with E-state index in [1.807, 2.05) is 6.92 Å². The molecule has 6 heteroatoms. The second kappa shape index (κ2) is 7.51. The monoisotopic (exact) mass is 352 g/mol. The van der Waals surface area contributed by atoms with Crippen molar-refractivity contribution < 1.29 is 19.0 Å². The van der Waals surface area contributed by atoms with Gasteiger partial charge in [-0.15, -0.1) is 0 Å². The Labute approximate surface area is 150 Å². The molecule has 1 amide bonds. The van der Waals surface area contributed by atoms with Crippen molar-refractivity contribution >= 4 is 5.91 Å². The molecule has 0 aromatic rings. The number of nitrogens with one attached hydrogen (secondary N) is 1. The van der Waals surface area contributed by atoms with Gasteiger partial charge in [-0.1, -0.05) is 0 Å². The van der Waals surface area contributed by atoms with Crippen LogP contribution >= 0.6 is 0 Å². The lowest BCUT2D eigenvalue weighted by Gasteiger charge is -2.32. The van der Waals surface area contributed by atoms with E-state index in [0.29, 0.717) is 43.6 Å². The highest BCUT2D eigenvalue weighted by Crippen LogP contribution is 2.55. The average molecular weight is 352 g/mol. The predicted molar refractivity (Wildman–Crippen MR) is 93.4 cm³/mol. The lowest BCUT2D eigenvalue weighted by atomic mass is 9.73. The Balaban J connectivity index is 1.32. The Morgan fingerprint density at radius 3 is 2.96 bits per heavy atom. The number of nitrogens with zero attached hydrogens (tertiary/aromatic N) is 1. The molecule has 6 nitrogen and oxygen atoms in total. The van der Waals surface area contributed by atoms with Crippen molar-refractivity contribution in [2.75, 3.05) is 46.1 Å². The highest BCUT2D eigenvalue weighted by Gasteiger charge is 2.63. The third kappa shape index (κ3) is 3.46. The van der Waals surface area contributed by atoms with Crippen LogP contribution in [0.1, 0.15) is 39.0 Å². The molecule has 4 rings (SSSR count). The van der Waals surface area contributed by atoms with Crippen molar-refractivity contribution in [1.82, 2.24) is 10.2 Å². The van der Waals surface area contributed by atoms with Gasteiger partial charge in [-0.05, 0) is 32.6 Å². The van der Waals surface area contributed by atoms with Crippen molar-refractivity contribution in [3.8, 4) is 0 Å². The van der Waals surface area contributed by atoms with Gasteiger partial charge in [0.15, 0.2) is 0 Å². The summed E-state index contributed by atoms with van der Waals surface area (Å²) in [5.74, 6) is 1.14. The van der Waals surface area contributed by atoms with Gasteiger partial charge in [0.25, 0.3) is 0 Å². The summed E-state index contributed by atoms with van der Waals surface area (Å²) in [6.45, 7) is 7.87. The highest BCUT2D eigenvalue weighted by atomic mass is 16.5. The number of carbonyl (C=O) groups excluding carboxylic acids is 1. The van der Waals surface area contributed by atoms with Gasteiger partial charge in [-0.25, -0.2) is 0 Å². The van der Waals surface area contributed by atoms with Gasteiger partial charge in [-0.2, -0.15) is 0 Å². The molecular weight excluding hydrogens is 320 g/mol. The first-order valence-electron chi connectivity index (χ1n) is 10.1. The Bertz CT molecular complexity index is 482. The van der Waals surface area contributed by atoms with Crippen molar-refractivity contribution in [3.05, 3.63) is 0 Å². The summed E-state index contributed by atoms with van der Waals surface area (Å²) in [4.78, 5) is 14.7. The molecule has 2 bridgehead atoms. The number of carbonyl (C=O) groups is 1. The van der Waals surface area contributed by atoms with Crippen LogP contribution < -0.4 is 5.32 Å². The van der Waals surface area contributed by atoms with E-state index in [4.69, 9.17) is 14.2 Å². The summed E-state index contributed by atoms with van der Waals surface area (Å²) in [6.07, 6.45) is 5.43. The number of hydrogen-bond acceptors (Lipinski definition) is 5. The molecule has 4 fully saturated rings. The normalized spacial score (nSPS) is 38.2. The first-order valence-corrected chi connectivity index (χ1v) is 10.1. The second-order valence-corrected chi connectivity index (χ2v) is 8.05. The van der Waals surface area contributed by atoms with Crippen molar-refractivity contribution in [2.24, 2.45) is 11.8 Å². The second-order valence-electron chi connectivity index (χ2n) is 8.05. The minimum Gasteiger partial charge on any atom is -0.381 e. The standard InChI is InChI=1S/C19H32N2O4/c1-2-23-10-6-18(22)20-11-15-16-12-21(14-4-8-24-9-5-14)13-19(16)7-3-17(15)25-19/h14-17H,2-13H2,1H3,(H,20,22)/t15-,16+,17+,19+/m0/s1. The zero-order valence-electron chi connectivity index (χ0n) is 15.4. The molecule has 4 heterocycles. The van der Waals surface area contributed by atoms with E-state index < -0.39 is 0 Å². The molecule has 142 valence electrons. The summed E-state index contributed by atoms with van der Waals surface area (Å²) in [6, 6.07) is 0.651. The van der Waals surface area contributed by atoms with E-state index in [2.05, 4.69) is 10.2 Å². The summed E-state index contributed by atoms with van der Waals surface area (Å²) < 4.78 is 17.3. The van der Waals surface area contributed by atoms with E-state index in [-0.39, 0.29) is 11.5 Å². The van der Waals surface area contributed by atoms with Gasteiger partial charge in [-0.3, -0.25) is 9.69 Å². The lowest BCUT2D eigenvalue weighted by molar-refractivity contribution is -0.122. The highest BCUT2D eigenvalue weighted by molar-refractivity contribution is 5.75. The molecule has 0 radical (unpaired) electrons. The Kier molecular flexibility index (Phi) is 5.32. The number of fused-ring (bicyclic) bond motifs is 1. The molecule has 0 saturated carbocycles. The van der Waals surface area contributed by atoms with Crippen molar-refractivity contribution in [1.29, 1.82) is 0 Å². The van der Waals surface area contributed by atoms with Crippen LogP contribution in [0.15, 0.2) is 0 Å². The molecule has 1 spiro atoms. The molecule has 0 aromatic carbocycles. The summed E-state index contributed by atoms with van der Waals surface area (Å²) >= 11 is 0. The topological polar surface area (TPSA) is 60.0 Å². The maximum atomic E-state index is 12.0. The van der Waals surface area contributed by atoms with E-state index in [1.165, 1.54) is 6.42 Å². The fraction of sp³-hybridized carbons (Fsp3) is 0.947. The maximum absolute atomic E-state index is 12.0. The first kappa shape index (κ1) is 17.7. The van der Waals surface area contributed by atoms with Crippen LogP contribution in [-0.4, -0.2) is 74.6 Å². The summed E-state index contributed by atoms with van der Waals surface area (Å²) in [5, 5.41) is 3.13. The van der Waals surface area contributed by atoms with Gasteiger partial charge < -0.3 is 19.5 Å². The van der Waals surface area contributed by atoms with Crippen LogP contribution in [0.3, 0.4) is 0 Å². The molecular formula is C19H32N2O4. The molecule has 4 saturated heterocycles. The number of hydrogen-bond donors (Lipinski definition) is 1. The number of likely N-dealkylation sites (tertiary alicyclic amines) is 1. The third-order valence-corrected chi connectivity index (χ3v) is 6.73. The van der Waals surface area contributed by atoms with E-state index in [1.54, 1.807) is 0 Å². The summed E-state index contributed by atoms with van der Waals surface area (Å²) in [5.41, 5.74) is 0.0592. The van der Waals surface area contributed by atoms with Crippen LogP contribution in [0.5, 0.6) is 0 Å². The van der Waals surface area contributed by atoms with Crippen LogP contribution in [0.25, 0.3) is 0 Å². The predicted octanol–water partition coefficient (Wildman–Crippen LogP) is 1.19. The van der Waals surface area contributed by atoms with Gasteiger partial charge in [0.05, 0.1) is 18.3 Å². The first-order chi connectivity index (χ1) is 12.2. The fourth-order valence-corrected chi connectivity index (χ4v) is 5.46. The third-order valence-electron chi connectivity index (χ3n) is 6.73. The van der Waals surface area contributed by atoms with E-state index >= 15 is 0 Å². The van der Waals surface area contributed by atoms with Crippen molar-refractivity contribution in [3.63, 3.8) is 0 Å². The molecule has 4 aliphatic heterocycles. The molecule has 0 unspecified atom stereocenters. The van der Waals surface area contributed by atoms with Crippen LogP contribution in [-0.2, 0) is 19.0 Å². The van der Waals surface area contributed by atoms with Gasteiger partial charge in [0, 0.05) is 63.8 Å². The Morgan fingerprint density at radius 1 is 1.32 bits per heavy atom. The molecule has 1 N–H and O–H groups in total. The molecule has 4 aliphatic rings. The molecule has 0 aromatic heterocycles. The smallest absolute Gasteiger partial charge is 0.222 e. The van der Waals surface area contributed by atoms with Crippen LogP contribution in [0.2, 0.25) is 0 Å². The number of rotatable bonds is 7. The number of amides is 1. The number of ether oxygens (including phenoxy) is 3. The molecule has 0 aliphatic carbocycles. The van der Waals surface area contributed by atoms with Gasteiger partial charge in [0.1, 0.15) is 0 Å². The molecule has 25 heavy (non-hydrogen) atoms. The largest absolute Gasteiger partial charge is 0.381 e. The van der Waals surface area contributed by atoms with E-state index in [0.717, 1.165) is 52.1 Å². The SMILES string of the molecule is CCOCCC(=O)NC[C@H]1[C@H]2CN(C3CCOCC3)C[C@]23CC[C@H]1O3. The quantitative estimate of drug-likeness (QED) is 0.698. The van der Waals surface area contributed by atoms with Gasteiger partial charge >= 0.3 is 0 Å². The fourth-order valence-electron chi connectivity index (χ4n) is 5.46. The van der Waals surface area contributed by atoms with Crippen LogP contribution in [0.4, 0.5) is 0 Å². The van der Waals surface area contributed by atoms with Gasteiger partial charge in [0.2, 0.25) is 5.91 Å². The van der Waals surface area contributed by atoms with Crippen LogP contribution in [0, 0.1) is 11.8 Å². The minimum absolute atomic E-state index is 0.0592. The molecule has 4 atom stereocenters. The lowest BCUT2D eigenvalue weighted by Crippen LogP contribution is -2.42. The van der Waals surface area contributed by atoms with Crippen molar-refractivity contribution in [2.45, 2.75) is 56.8 Å². The Hall–Kier alpha value is -0.690. The van der Waals surface area contributed by atoms with E-state index in [9.17, 15) is 4.79 Å².